The van der Waals surface area contributed by atoms with Gasteiger partial charge >= 0.3 is 0 Å². The first kappa shape index (κ1) is 14.8. The van der Waals surface area contributed by atoms with Crippen LogP contribution in [0.4, 0.5) is 10.3 Å². The number of nitrogens with zero attached hydrogens (tertiary/aromatic N) is 3. The molecule has 6 heteroatoms. The van der Waals surface area contributed by atoms with E-state index < -0.39 is 5.41 Å². The van der Waals surface area contributed by atoms with Gasteiger partial charge in [-0.25, -0.2) is 14.4 Å². The van der Waals surface area contributed by atoms with E-state index in [-0.39, 0.29) is 11.7 Å². The number of carbonyl (C=O) groups is 1. The van der Waals surface area contributed by atoms with Crippen molar-refractivity contribution in [2.45, 2.75) is 19.3 Å². The molecular formula is C18H17FN4O. The van der Waals surface area contributed by atoms with Crippen molar-refractivity contribution in [3.05, 3.63) is 54.0 Å². The predicted molar refractivity (Wildman–Crippen MR) is 88.9 cm³/mol. The number of aryl methyl sites for hydroxylation is 1. The van der Waals surface area contributed by atoms with Crippen LogP contribution in [0.2, 0.25) is 0 Å². The molecule has 1 saturated carbocycles. The highest BCUT2D eigenvalue weighted by Crippen LogP contribution is 2.49. The molecule has 3 aromatic rings. The Bertz CT molecular complexity index is 912. The molecule has 0 unspecified atom stereocenters. The van der Waals surface area contributed by atoms with Crippen molar-refractivity contribution < 1.29 is 9.18 Å². The van der Waals surface area contributed by atoms with Crippen LogP contribution in [-0.2, 0) is 18.3 Å². The fourth-order valence-electron chi connectivity index (χ4n) is 3.00. The lowest BCUT2D eigenvalue weighted by molar-refractivity contribution is -0.121. The van der Waals surface area contributed by atoms with Gasteiger partial charge in [0.1, 0.15) is 11.3 Å². The molecule has 2 heterocycles. The predicted octanol–water partition coefficient (Wildman–Crippen LogP) is 3.07. The van der Waals surface area contributed by atoms with Gasteiger partial charge in [0, 0.05) is 13.2 Å². The quantitative estimate of drug-likeness (QED) is 0.802. The third-order valence-electron chi connectivity index (χ3n) is 4.64. The summed E-state index contributed by atoms with van der Waals surface area (Å²) in [4.78, 5) is 21.4. The summed E-state index contributed by atoms with van der Waals surface area (Å²) in [6.45, 7) is 0. The van der Waals surface area contributed by atoms with Crippen molar-refractivity contribution in [2.75, 3.05) is 5.32 Å². The third-order valence-corrected chi connectivity index (χ3v) is 4.64. The van der Waals surface area contributed by atoms with Crippen LogP contribution in [-0.4, -0.2) is 20.4 Å². The highest BCUT2D eigenvalue weighted by Gasteiger charge is 2.49. The number of carbonyl (C=O) groups excluding carboxylic acids is 1. The van der Waals surface area contributed by atoms with Gasteiger partial charge in [0.25, 0.3) is 0 Å². The van der Waals surface area contributed by atoms with Gasteiger partial charge in [0.05, 0.1) is 5.41 Å². The van der Waals surface area contributed by atoms with Crippen molar-refractivity contribution in [1.29, 1.82) is 0 Å². The lowest BCUT2D eigenvalue weighted by Crippen LogP contribution is -2.27. The van der Waals surface area contributed by atoms with Crippen molar-refractivity contribution in [1.82, 2.24) is 14.5 Å². The summed E-state index contributed by atoms with van der Waals surface area (Å²) in [5, 5.41) is 2.93. The van der Waals surface area contributed by atoms with Crippen LogP contribution in [0, 0.1) is 11.2 Å². The molecule has 2 aromatic heterocycles. The van der Waals surface area contributed by atoms with Gasteiger partial charge in [-0.15, -0.1) is 0 Å². The molecule has 1 aliphatic carbocycles. The molecule has 0 saturated heterocycles. The fourth-order valence-corrected chi connectivity index (χ4v) is 3.00. The average Bonchev–Trinajstić information content (AvgIpc) is 3.30. The molecule has 0 aliphatic heterocycles. The number of hydrogen-bond acceptors (Lipinski definition) is 3. The number of nitrogens with one attached hydrogen (secondary N) is 1. The summed E-state index contributed by atoms with van der Waals surface area (Å²) >= 11 is 0. The molecule has 0 bridgehead atoms. The number of fused-ring (bicyclic) bond motifs is 1. The Balaban J connectivity index is 1.54. The van der Waals surface area contributed by atoms with Gasteiger partial charge in [-0.3, -0.25) is 14.7 Å². The molecule has 1 N–H and O–H groups in total. The fraction of sp³-hybridized carbons (Fsp3) is 0.278. The van der Waals surface area contributed by atoms with E-state index in [2.05, 4.69) is 15.3 Å². The number of halogens is 1. The number of anilines is 1. The van der Waals surface area contributed by atoms with Crippen LogP contribution < -0.4 is 5.32 Å². The smallest absolute Gasteiger partial charge is 0.233 e. The summed E-state index contributed by atoms with van der Waals surface area (Å²) in [5.41, 5.74) is 2.04. The summed E-state index contributed by atoms with van der Waals surface area (Å²) < 4.78 is 14.8. The number of pyridine rings is 1. The molecule has 0 atom stereocenters. The van der Waals surface area contributed by atoms with Gasteiger partial charge in [-0.1, -0.05) is 12.1 Å². The second kappa shape index (κ2) is 5.40. The summed E-state index contributed by atoms with van der Waals surface area (Å²) in [6, 6.07) is 10.0. The van der Waals surface area contributed by atoms with E-state index >= 15 is 0 Å². The molecule has 1 aliphatic rings. The van der Waals surface area contributed by atoms with Gasteiger partial charge in [-0.05, 0) is 49.1 Å². The minimum atomic E-state index is -0.413. The summed E-state index contributed by atoms with van der Waals surface area (Å²) in [6.07, 6.45) is 3.98. The Morgan fingerprint density at radius 2 is 2.04 bits per heavy atom. The second-order valence-corrected chi connectivity index (χ2v) is 6.38. The van der Waals surface area contributed by atoms with Crippen molar-refractivity contribution in [2.24, 2.45) is 12.5 Å². The topological polar surface area (TPSA) is 59.8 Å². The zero-order valence-electron chi connectivity index (χ0n) is 13.3. The van der Waals surface area contributed by atoms with Crippen LogP contribution >= 0.6 is 0 Å². The molecule has 0 radical (unpaired) electrons. The average molecular weight is 324 g/mol. The maximum atomic E-state index is 13.0. The second-order valence-electron chi connectivity index (χ2n) is 6.38. The van der Waals surface area contributed by atoms with Crippen molar-refractivity contribution in [3.63, 3.8) is 0 Å². The molecule has 24 heavy (non-hydrogen) atoms. The zero-order valence-corrected chi connectivity index (χ0v) is 13.3. The molecule has 1 fully saturated rings. The molecule has 1 aromatic carbocycles. The Kier molecular flexibility index (Phi) is 3.33. The largest absolute Gasteiger partial charge is 0.298 e. The van der Waals surface area contributed by atoms with E-state index in [4.69, 9.17) is 0 Å². The number of hydrogen-bond donors (Lipinski definition) is 1. The van der Waals surface area contributed by atoms with Gasteiger partial charge < -0.3 is 0 Å². The number of aromatic nitrogens is 3. The minimum Gasteiger partial charge on any atom is -0.298 e. The Labute approximate surface area is 138 Å². The van der Waals surface area contributed by atoms with Gasteiger partial charge in [-0.2, -0.15) is 0 Å². The monoisotopic (exact) mass is 324 g/mol. The molecule has 5 nitrogen and oxygen atoms in total. The number of rotatable bonds is 4. The minimum absolute atomic E-state index is 0.0368. The highest BCUT2D eigenvalue weighted by atomic mass is 19.1. The van der Waals surface area contributed by atoms with Crippen LogP contribution in [0.1, 0.15) is 18.4 Å². The van der Waals surface area contributed by atoms with E-state index in [9.17, 15) is 9.18 Å². The number of benzene rings is 1. The van der Waals surface area contributed by atoms with Crippen LogP contribution in [0.15, 0.2) is 42.6 Å². The van der Waals surface area contributed by atoms with E-state index in [0.29, 0.717) is 12.4 Å². The first-order valence-corrected chi connectivity index (χ1v) is 7.91. The number of amides is 1. The van der Waals surface area contributed by atoms with Gasteiger partial charge in [0.2, 0.25) is 11.9 Å². The molecule has 1 amide bonds. The van der Waals surface area contributed by atoms with E-state index in [0.717, 1.165) is 29.6 Å². The molecule has 0 spiro atoms. The highest BCUT2D eigenvalue weighted by molar-refractivity contribution is 5.97. The Hall–Kier alpha value is -2.76. The van der Waals surface area contributed by atoms with Crippen LogP contribution in [0.5, 0.6) is 0 Å². The van der Waals surface area contributed by atoms with E-state index in [1.165, 1.54) is 12.1 Å². The first-order valence-electron chi connectivity index (χ1n) is 7.91. The zero-order chi connectivity index (χ0) is 16.7. The normalized spacial score (nSPS) is 15.4. The maximum Gasteiger partial charge on any atom is 0.233 e. The Morgan fingerprint density at radius 1 is 1.29 bits per heavy atom. The molecule has 4 rings (SSSR count). The van der Waals surface area contributed by atoms with Crippen LogP contribution in [0.3, 0.4) is 0 Å². The standard InChI is InChI=1S/C18H17FN4O/c1-23-15-14(3-2-10-20-15)21-17(23)22-16(24)18(8-9-18)11-12-4-6-13(19)7-5-12/h2-7,10H,8-9,11H2,1H3,(H,21,22,24). The summed E-state index contributed by atoms with van der Waals surface area (Å²) in [7, 11) is 1.83. The third kappa shape index (κ3) is 2.54. The maximum absolute atomic E-state index is 13.0. The SMILES string of the molecule is Cn1c(NC(=O)C2(Cc3ccc(F)cc3)CC2)nc2cccnc21. The lowest BCUT2D eigenvalue weighted by Gasteiger charge is -2.15. The Morgan fingerprint density at radius 3 is 2.71 bits per heavy atom. The lowest BCUT2D eigenvalue weighted by atomic mass is 9.95. The molecular weight excluding hydrogens is 307 g/mol. The molecule has 122 valence electrons. The number of imidazole rings is 1. The first-order chi connectivity index (χ1) is 11.6. The van der Waals surface area contributed by atoms with Gasteiger partial charge in [0.15, 0.2) is 5.65 Å². The van der Waals surface area contributed by atoms with E-state index in [1.54, 1.807) is 22.9 Å². The van der Waals surface area contributed by atoms with Crippen molar-refractivity contribution >= 4 is 23.0 Å². The summed E-state index contributed by atoms with van der Waals surface area (Å²) in [5.74, 6) is 0.199. The van der Waals surface area contributed by atoms with E-state index in [1.807, 2.05) is 19.2 Å². The van der Waals surface area contributed by atoms with Crippen molar-refractivity contribution in [3.8, 4) is 0 Å². The van der Waals surface area contributed by atoms with Crippen LogP contribution in [0.25, 0.3) is 11.2 Å².